The topological polar surface area (TPSA) is 81.2 Å². The molecule has 3 aliphatic heterocycles. The summed E-state index contributed by atoms with van der Waals surface area (Å²) >= 11 is 1.70. The number of aliphatic hydroxyl groups is 1. The van der Waals surface area contributed by atoms with Crippen molar-refractivity contribution in [2.24, 2.45) is 11.8 Å². The van der Waals surface area contributed by atoms with Crippen molar-refractivity contribution in [1.29, 1.82) is 0 Å². The van der Waals surface area contributed by atoms with Gasteiger partial charge in [-0.1, -0.05) is 62.2 Å². The highest BCUT2D eigenvalue weighted by atomic mass is 32.2. The number of carbonyl (C=O) groups is 3. The first-order valence-electron chi connectivity index (χ1n) is 14.7. The Labute approximate surface area is 243 Å². The van der Waals surface area contributed by atoms with E-state index in [0.717, 1.165) is 37.7 Å². The second-order valence-electron chi connectivity index (χ2n) is 11.6. The summed E-state index contributed by atoms with van der Waals surface area (Å²) in [7, 11) is 0. The van der Waals surface area contributed by atoms with Crippen molar-refractivity contribution in [2.75, 3.05) is 32.8 Å². The third-order valence-corrected chi connectivity index (χ3v) is 10.9. The fraction of sp³-hybridized carbons (Fsp3) is 0.594. The molecule has 3 amide bonds. The highest BCUT2D eigenvalue weighted by Crippen LogP contribution is 2.71. The third-order valence-electron chi connectivity index (χ3n) is 8.90. The number of nitrogens with zero attached hydrogens (tertiary/aromatic N) is 3. The van der Waals surface area contributed by atoms with Gasteiger partial charge < -0.3 is 19.8 Å². The largest absolute Gasteiger partial charge is 0.396 e. The molecule has 1 N–H and O–H groups in total. The molecule has 1 aromatic rings. The molecule has 1 aromatic carbocycles. The highest BCUT2D eigenvalue weighted by Gasteiger charge is 2.77. The zero-order valence-corrected chi connectivity index (χ0v) is 24.9. The van der Waals surface area contributed by atoms with Crippen LogP contribution in [0.4, 0.5) is 0 Å². The van der Waals surface area contributed by atoms with Crippen LogP contribution in [0.2, 0.25) is 0 Å². The summed E-state index contributed by atoms with van der Waals surface area (Å²) in [6.45, 7) is 14.1. The van der Waals surface area contributed by atoms with Crippen LogP contribution in [-0.4, -0.2) is 85.8 Å². The van der Waals surface area contributed by atoms with Gasteiger partial charge in [0.15, 0.2) is 0 Å². The second kappa shape index (κ2) is 12.9. The fourth-order valence-corrected chi connectivity index (χ4v) is 9.47. The number of likely N-dealkylation sites (tertiary alicyclic amines) is 1. The van der Waals surface area contributed by atoms with Gasteiger partial charge in [0.1, 0.15) is 6.04 Å². The van der Waals surface area contributed by atoms with E-state index in [1.165, 1.54) is 0 Å². The Kier molecular flexibility index (Phi) is 9.83. The zero-order chi connectivity index (χ0) is 28.9. The van der Waals surface area contributed by atoms with Gasteiger partial charge in [0.05, 0.1) is 16.6 Å². The molecular weight excluding hydrogens is 522 g/mol. The van der Waals surface area contributed by atoms with Gasteiger partial charge in [0.25, 0.3) is 0 Å². The molecule has 0 radical (unpaired) electrons. The minimum Gasteiger partial charge on any atom is -0.396 e. The monoisotopic (exact) mass is 567 g/mol. The number of hydrogen-bond donors (Lipinski definition) is 1. The lowest BCUT2D eigenvalue weighted by Gasteiger charge is -2.38. The minimum atomic E-state index is -0.657. The van der Waals surface area contributed by atoms with Crippen LogP contribution in [-0.2, 0) is 20.9 Å². The molecule has 8 heteroatoms. The van der Waals surface area contributed by atoms with E-state index in [1.54, 1.807) is 28.8 Å². The summed E-state index contributed by atoms with van der Waals surface area (Å²) < 4.78 is -1.09. The lowest BCUT2D eigenvalue weighted by molar-refractivity contribution is -0.146. The number of carbonyl (C=O) groups excluding carboxylic acids is 3. The summed E-state index contributed by atoms with van der Waals surface area (Å²) in [6, 6.07) is 9.22. The quantitative estimate of drug-likeness (QED) is 0.253. The molecule has 3 fully saturated rings. The lowest BCUT2D eigenvalue weighted by atomic mass is 9.66. The molecule has 7 nitrogen and oxygen atoms in total. The van der Waals surface area contributed by atoms with Crippen molar-refractivity contribution in [3.63, 3.8) is 0 Å². The van der Waals surface area contributed by atoms with Gasteiger partial charge in [0.2, 0.25) is 17.7 Å². The molecule has 0 saturated carbocycles. The summed E-state index contributed by atoms with van der Waals surface area (Å²) in [6.07, 6.45) is 8.35. The van der Waals surface area contributed by atoms with E-state index in [0.29, 0.717) is 39.1 Å². The van der Waals surface area contributed by atoms with Crippen LogP contribution in [0.15, 0.2) is 55.6 Å². The van der Waals surface area contributed by atoms with Gasteiger partial charge in [-0.3, -0.25) is 14.4 Å². The Morgan fingerprint density at radius 1 is 1.07 bits per heavy atom. The van der Waals surface area contributed by atoms with E-state index in [9.17, 15) is 19.5 Å². The molecule has 218 valence electrons. The van der Waals surface area contributed by atoms with Gasteiger partial charge in [-0.2, -0.15) is 0 Å². The van der Waals surface area contributed by atoms with Gasteiger partial charge in [0, 0.05) is 44.1 Å². The predicted octanol–water partition coefficient (Wildman–Crippen LogP) is 4.27. The normalized spacial score (nSPS) is 28.4. The maximum absolute atomic E-state index is 14.4. The molecule has 2 unspecified atom stereocenters. The molecule has 40 heavy (non-hydrogen) atoms. The Bertz CT molecular complexity index is 1100. The smallest absolute Gasteiger partial charge is 0.247 e. The first-order chi connectivity index (χ1) is 19.3. The lowest BCUT2D eigenvalue weighted by Crippen LogP contribution is -2.55. The van der Waals surface area contributed by atoms with Crippen LogP contribution < -0.4 is 0 Å². The first-order valence-corrected chi connectivity index (χ1v) is 15.5. The summed E-state index contributed by atoms with van der Waals surface area (Å²) in [4.78, 5) is 48.3. The molecule has 0 aromatic heterocycles. The van der Waals surface area contributed by atoms with Crippen LogP contribution >= 0.6 is 11.8 Å². The molecule has 2 bridgehead atoms. The van der Waals surface area contributed by atoms with Gasteiger partial charge >= 0.3 is 0 Å². The van der Waals surface area contributed by atoms with E-state index in [-0.39, 0.29) is 24.3 Å². The minimum absolute atomic E-state index is 0.0419. The Hall–Kier alpha value is -2.58. The molecule has 3 aliphatic rings. The van der Waals surface area contributed by atoms with E-state index >= 15 is 0 Å². The molecule has 3 saturated heterocycles. The van der Waals surface area contributed by atoms with Crippen molar-refractivity contribution in [3.05, 3.63) is 61.2 Å². The van der Waals surface area contributed by atoms with E-state index in [4.69, 9.17) is 0 Å². The van der Waals surface area contributed by atoms with E-state index < -0.39 is 27.4 Å². The first kappa shape index (κ1) is 30.4. The summed E-state index contributed by atoms with van der Waals surface area (Å²) in [5, 5.41) is 9.64. The van der Waals surface area contributed by atoms with Crippen molar-refractivity contribution in [1.82, 2.24) is 14.7 Å². The predicted molar refractivity (Wildman–Crippen MR) is 161 cm³/mol. The zero-order valence-electron chi connectivity index (χ0n) is 24.1. The summed E-state index contributed by atoms with van der Waals surface area (Å²) in [5.74, 6) is -1.31. The number of amides is 3. The van der Waals surface area contributed by atoms with E-state index in [1.807, 2.05) is 40.1 Å². The van der Waals surface area contributed by atoms with Gasteiger partial charge in [-0.05, 0) is 38.2 Å². The van der Waals surface area contributed by atoms with Crippen molar-refractivity contribution < 1.29 is 19.5 Å². The average molecular weight is 568 g/mol. The standard InChI is InChI=1S/C32H45N3O4S/c1-5-8-12-20-33(18-6-2)30(39)27-32-17-16-31(4,40-32)25(26(32)29(38)35(27)21-13-22-36)28(37)34(19-7-3)23-24-14-10-9-11-15-24/h6-7,9-11,14-15,25-27,36H,2-3,5,8,12-13,16-23H2,1,4H3/t25-,26+,27?,31+,32?/m1/s1. The summed E-state index contributed by atoms with van der Waals surface area (Å²) in [5.41, 5.74) is 1.02. The number of benzene rings is 1. The number of hydrogen-bond acceptors (Lipinski definition) is 5. The molecular formula is C32H45N3O4S. The number of thioether (sulfide) groups is 1. The molecule has 4 rings (SSSR count). The molecule has 1 spiro atoms. The van der Waals surface area contributed by atoms with Crippen LogP contribution in [0.3, 0.4) is 0 Å². The second-order valence-corrected chi connectivity index (χ2v) is 13.5. The number of unbranched alkanes of at least 4 members (excludes halogenated alkanes) is 2. The highest BCUT2D eigenvalue weighted by molar-refractivity contribution is 8.02. The van der Waals surface area contributed by atoms with Crippen molar-refractivity contribution in [3.8, 4) is 0 Å². The van der Waals surface area contributed by atoms with Crippen molar-refractivity contribution >= 4 is 29.5 Å². The SMILES string of the molecule is C=CCN(CCCCC)C(=O)C1N(CCCO)C(=O)[C@@H]2[C@H](C(=O)N(CC=C)Cc3ccccc3)[C@]3(C)CCC12S3. The molecule has 0 aliphatic carbocycles. The van der Waals surface area contributed by atoms with Crippen LogP contribution in [0, 0.1) is 11.8 Å². The van der Waals surface area contributed by atoms with Crippen LogP contribution in [0.25, 0.3) is 0 Å². The Morgan fingerprint density at radius 2 is 1.77 bits per heavy atom. The maximum atomic E-state index is 14.4. The third kappa shape index (κ3) is 5.49. The fourth-order valence-electron chi connectivity index (χ4n) is 7.12. The van der Waals surface area contributed by atoms with Gasteiger partial charge in [-0.15, -0.1) is 24.9 Å². The number of aliphatic hydroxyl groups excluding tert-OH is 1. The number of rotatable bonds is 15. The number of fused-ring (bicyclic) bond motifs is 1. The van der Waals surface area contributed by atoms with Crippen LogP contribution in [0.5, 0.6) is 0 Å². The van der Waals surface area contributed by atoms with Crippen molar-refractivity contribution in [2.45, 2.75) is 74.5 Å². The Balaban J connectivity index is 1.70. The van der Waals surface area contributed by atoms with Gasteiger partial charge in [-0.25, -0.2) is 0 Å². The average Bonchev–Trinajstić information content (AvgIpc) is 3.51. The molecule has 5 atom stereocenters. The van der Waals surface area contributed by atoms with Crippen LogP contribution in [0.1, 0.15) is 57.9 Å². The van der Waals surface area contributed by atoms with E-state index in [2.05, 4.69) is 27.0 Å². The molecule has 3 heterocycles. The maximum Gasteiger partial charge on any atom is 0.247 e. The Morgan fingerprint density at radius 3 is 2.42 bits per heavy atom.